The van der Waals surface area contributed by atoms with E-state index >= 15 is 0 Å². The number of nitrogens with one attached hydrogen (secondary N) is 2. The molecule has 6 nitrogen and oxygen atoms in total. The molecule has 0 radical (unpaired) electrons. The number of rotatable bonds is 0. The fourth-order valence-corrected chi connectivity index (χ4v) is 8.90. The standard InChI is InChI=1S/C30H14O2.C20H14N4/c31-29-19-7-3-1-5-17(19)23-13-15-9-12-22-28-24(18-6-2-4-8-20(18)30(22)32)14-16-10-11-21(29)27(23)25(16)26(15)28;1-2-14-10-16-5-6-18(23-16)12-20-8-7-19(24-20)11-17-4-3-15(22-17)9-13(1)21-14/h1-14H;1-12,21,24H. The Morgan fingerprint density at radius 1 is 0.321 bits per heavy atom. The average molecular weight is 717 g/mol. The van der Waals surface area contributed by atoms with E-state index in [4.69, 9.17) is 0 Å². The molecule has 0 aliphatic carbocycles. The second-order valence-corrected chi connectivity index (χ2v) is 14.7. The van der Waals surface area contributed by atoms with Crippen LogP contribution in [-0.4, -0.2) is 19.9 Å². The Hall–Kier alpha value is -7.70. The summed E-state index contributed by atoms with van der Waals surface area (Å²) in [5.74, 6) is 0. The van der Waals surface area contributed by atoms with Crippen LogP contribution >= 0.6 is 0 Å². The smallest absolute Gasteiger partial charge is 0.194 e. The highest BCUT2D eigenvalue weighted by molar-refractivity contribution is 6.40. The van der Waals surface area contributed by atoms with Crippen LogP contribution in [0.2, 0.25) is 0 Å². The maximum absolute atomic E-state index is 13.4. The molecule has 2 aliphatic rings. The van der Waals surface area contributed by atoms with Gasteiger partial charge < -0.3 is 9.97 Å². The third-order valence-electron chi connectivity index (χ3n) is 11.3. The van der Waals surface area contributed by atoms with E-state index in [0.29, 0.717) is 0 Å². The molecule has 0 amide bonds. The highest BCUT2D eigenvalue weighted by Gasteiger charge is 2.21. The van der Waals surface area contributed by atoms with Crippen molar-refractivity contribution in [1.82, 2.24) is 19.9 Å². The summed E-state index contributed by atoms with van der Waals surface area (Å²) in [6.45, 7) is 0. The third kappa shape index (κ3) is 4.56. The van der Waals surface area contributed by atoms with Crippen LogP contribution < -0.4 is 10.9 Å². The van der Waals surface area contributed by atoms with Crippen LogP contribution in [0.5, 0.6) is 0 Å². The lowest BCUT2D eigenvalue weighted by Gasteiger charge is -2.18. The van der Waals surface area contributed by atoms with Gasteiger partial charge in [-0.05, 0) is 140 Å². The highest BCUT2D eigenvalue weighted by Crippen LogP contribution is 2.45. The first-order valence-corrected chi connectivity index (χ1v) is 18.6. The van der Waals surface area contributed by atoms with Gasteiger partial charge in [0.1, 0.15) is 0 Å². The normalized spacial score (nSPS) is 12.6. The number of aromatic amines is 2. The van der Waals surface area contributed by atoms with Gasteiger partial charge in [0.2, 0.25) is 0 Å². The molecule has 0 saturated carbocycles. The first-order valence-electron chi connectivity index (χ1n) is 18.6. The van der Waals surface area contributed by atoms with E-state index in [9.17, 15) is 9.59 Å². The van der Waals surface area contributed by atoms with Crippen molar-refractivity contribution >= 4 is 122 Å². The number of aromatic nitrogens is 4. The van der Waals surface area contributed by atoms with Gasteiger partial charge in [-0.2, -0.15) is 0 Å². The number of hydrogen-bond acceptors (Lipinski definition) is 4. The number of hydrogen-bond donors (Lipinski definition) is 2. The van der Waals surface area contributed by atoms with Gasteiger partial charge in [-0.25, -0.2) is 9.97 Å². The van der Waals surface area contributed by atoms with Gasteiger partial charge in [0.15, 0.2) is 10.9 Å². The molecule has 5 heterocycles. The van der Waals surface area contributed by atoms with Crippen molar-refractivity contribution in [2.24, 2.45) is 0 Å². The Morgan fingerprint density at radius 3 is 1.05 bits per heavy atom. The van der Waals surface area contributed by atoms with Gasteiger partial charge >= 0.3 is 0 Å². The quantitative estimate of drug-likeness (QED) is 0.121. The van der Waals surface area contributed by atoms with Crippen LogP contribution in [0.15, 0.2) is 143 Å². The van der Waals surface area contributed by atoms with Gasteiger partial charge in [-0.3, -0.25) is 9.59 Å². The molecule has 6 heteroatoms. The minimum Gasteiger partial charge on any atom is -0.355 e. The number of benzene rings is 8. The Labute approximate surface area is 317 Å². The zero-order valence-electron chi connectivity index (χ0n) is 29.7. The van der Waals surface area contributed by atoms with Gasteiger partial charge in [0.25, 0.3) is 0 Å². The van der Waals surface area contributed by atoms with E-state index < -0.39 is 0 Å². The Kier molecular flexibility index (Phi) is 6.26. The summed E-state index contributed by atoms with van der Waals surface area (Å²) >= 11 is 0. The van der Waals surface area contributed by atoms with E-state index in [2.05, 4.69) is 68.5 Å². The number of fused-ring (bicyclic) bond motifs is 12. The molecular weight excluding hydrogens is 689 g/mol. The first-order chi connectivity index (χ1) is 27.5. The third-order valence-corrected chi connectivity index (χ3v) is 11.3. The van der Waals surface area contributed by atoms with Crippen molar-refractivity contribution in [2.75, 3.05) is 0 Å². The van der Waals surface area contributed by atoms with Crippen molar-refractivity contribution in [3.63, 3.8) is 0 Å². The monoisotopic (exact) mass is 716 g/mol. The summed E-state index contributed by atoms with van der Waals surface area (Å²) in [6, 6.07) is 44.5. The molecule has 260 valence electrons. The van der Waals surface area contributed by atoms with E-state index in [-0.39, 0.29) is 10.9 Å². The maximum atomic E-state index is 13.4. The van der Waals surface area contributed by atoms with Crippen molar-refractivity contribution in [3.8, 4) is 0 Å². The minimum atomic E-state index is 0.0694. The lowest BCUT2D eigenvalue weighted by molar-refractivity contribution is 1.31. The summed E-state index contributed by atoms with van der Waals surface area (Å²) in [7, 11) is 0. The number of H-pyrrole nitrogens is 2. The van der Waals surface area contributed by atoms with E-state index in [0.717, 1.165) is 120 Å². The van der Waals surface area contributed by atoms with Crippen LogP contribution in [0.3, 0.4) is 0 Å². The van der Waals surface area contributed by atoms with E-state index in [1.807, 2.05) is 109 Å². The molecule has 0 unspecified atom stereocenters. The van der Waals surface area contributed by atoms with Crippen molar-refractivity contribution in [2.45, 2.75) is 0 Å². The molecule has 0 saturated heterocycles. The van der Waals surface area contributed by atoms with Crippen LogP contribution in [0.4, 0.5) is 0 Å². The number of nitrogens with zero attached hydrogens (tertiary/aromatic N) is 2. The summed E-state index contributed by atoms with van der Waals surface area (Å²) < 4.78 is 0. The summed E-state index contributed by atoms with van der Waals surface area (Å²) in [4.78, 5) is 42.8. The molecule has 0 atom stereocenters. The van der Waals surface area contributed by atoms with E-state index in [1.165, 1.54) is 0 Å². The molecule has 2 N–H and O–H groups in total. The largest absolute Gasteiger partial charge is 0.355 e. The minimum absolute atomic E-state index is 0.0694. The average Bonchev–Trinajstić information content (AvgIpc) is 4.06. The second-order valence-electron chi connectivity index (χ2n) is 14.7. The molecular formula is C50H28N4O2. The summed E-state index contributed by atoms with van der Waals surface area (Å²) in [5.41, 5.74) is 8.00. The molecule has 13 rings (SSSR count). The summed E-state index contributed by atoms with van der Waals surface area (Å²) in [6.07, 6.45) is 8.09. The topological polar surface area (TPSA) is 91.5 Å². The molecule has 3 aromatic heterocycles. The molecule has 8 bridgehead atoms. The molecule has 2 aliphatic heterocycles. The van der Waals surface area contributed by atoms with Crippen molar-refractivity contribution in [3.05, 3.63) is 177 Å². The SMILES string of the molecule is C1=Cc2cc3ccc(cc4nc(cc5ccc(cc1n2)[nH]5)C=C4)[nH]3.O=c1c2ccccc2c2cc3ccc4c(=O)c5ccccc5c5cc6ccc1c2c6c3c45. The molecule has 11 aromatic rings. The zero-order valence-corrected chi connectivity index (χ0v) is 29.7. The van der Waals surface area contributed by atoms with Crippen LogP contribution in [0, 0.1) is 0 Å². The zero-order chi connectivity index (χ0) is 37.1. The lowest BCUT2D eigenvalue weighted by Crippen LogP contribution is -2.06. The van der Waals surface area contributed by atoms with Gasteiger partial charge in [-0.1, -0.05) is 60.7 Å². The summed E-state index contributed by atoms with van der Waals surface area (Å²) in [5, 5.41) is 13.6. The predicted octanol–water partition coefficient (Wildman–Crippen LogP) is 11.4. The first kappa shape index (κ1) is 30.7. The van der Waals surface area contributed by atoms with Crippen molar-refractivity contribution in [1.29, 1.82) is 0 Å². The van der Waals surface area contributed by atoms with Crippen LogP contribution in [-0.2, 0) is 0 Å². The van der Waals surface area contributed by atoms with Crippen LogP contribution in [0.25, 0.3) is 122 Å². The van der Waals surface area contributed by atoms with Crippen molar-refractivity contribution < 1.29 is 0 Å². The molecule has 56 heavy (non-hydrogen) atoms. The highest BCUT2D eigenvalue weighted by atomic mass is 16.1. The fraction of sp³-hybridized carbons (Fsp3) is 0. The molecule has 0 fully saturated rings. The van der Waals surface area contributed by atoms with E-state index in [1.54, 1.807) is 0 Å². The van der Waals surface area contributed by atoms with Gasteiger partial charge in [0.05, 0.1) is 22.8 Å². The second kappa shape index (κ2) is 11.4. The molecule has 8 aromatic carbocycles. The Bertz CT molecular complexity index is 3480. The van der Waals surface area contributed by atoms with Gasteiger partial charge in [0, 0.05) is 54.4 Å². The fourth-order valence-electron chi connectivity index (χ4n) is 8.90. The lowest BCUT2D eigenvalue weighted by atomic mass is 9.84. The molecule has 0 spiro atoms. The predicted molar refractivity (Wildman–Crippen MR) is 234 cm³/mol. The van der Waals surface area contributed by atoms with Crippen LogP contribution in [0.1, 0.15) is 22.8 Å². The maximum Gasteiger partial charge on any atom is 0.194 e. The Morgan fingerprint density at radius 2 is 0.679 bits per heavy atom. The Balaban J connectivity index is 0.000000129. The van der Waals surface area contributed by atoms with Gasteiger partial charge in [-0.15, -0.1) is 0 Å².